The van der Waals surface area contributed by atoms with E-state index >= 15 is 0 Å². The smallest absolute Gasteiger partial charge is 0.231 e. The van der Waals surface area contributed by atoms with Crippen molar-refractivity contribution in [1.82, 2.24) is 4.90 Å². The van der Waals surface area contributed by atoms with Crippen LogP contribution in [0.3, 0.4) is 0 Å². The normalized spacial score (nSPS) is 15.7. The number of rotatable bonds is 8. The van der Waals surface area contributed by atoms with Gasteiger partial charge in [0.2, 0.25) is 6.79 Å². The molecule has 6 heteroatoms. The maximum Gasteiger partial charge on any atom is 0.231 e. The van der Waals surface area contributed by atoms with Gasteiger partial charge in [0, 0.05) is 19.1 Å². The first-order valence-electron chi connectivity index (χ1n) is 11.0. The quantitative estimate of drug-likeness (QED) is 0.515. The summed E-state index contributed by atoms with van der Waals surface area (Å²) in [6, 6.07) is 11.1. The van der Waals surface area contributed by atoms with Crippen molar-refractivity contribution in [2.45, 2.75) is 78.8 Å². The molecule has 0 fully saturated rings. The Hall–Kier alpha value is -2.11. The molecule has 4 rings (SSSR count). The lowest BCUT2D eigenvalue weighted by Gasteiger charge is -2.24. The summed E-state index contributed by atoms with van der Waals surface area (Å²) < 4.78 is 23.0. The predicted molar refractivity (Wildman–Crippen MR) is 125 cm³/mol. The minimum atomic E-state index is 0. The van der Waals surface area contributed by atoms with Crippen LogP contribution < -0.4 is 18.9 Å². The second kappa shape index (κ2) is 10.0. The van der Waals surface area contributed by atoms with E-state index in [-0.39, 0.29) is 24.6 Å². The van der Waals surface area contributed by atoms with Crippen molar-refractivity contribution >= 4 is 12.4 Å². The van der Waals surface area contributed by atoms with Crippen LogP contribution in [0.1, 0.15) is 57.7 Å². The second-order valence-corrected chi connectivity index (χ2v) is 8.88. The van der Waals surface area contributed by atoms with Crippen LogP contribution in [0.2, 0.25) is 0 Å². The van der Waals surface area contributed by atoms with Gasteiger partial charge in [-0.3, -0.25) is 4.90 Å². The van der Waals surface area contributed by atoms with Crippen LogP contribution in [-0.2, 0) is 19.5 Å². The number of fused-ring (bicyclic) bond motifs is 2. The summed E-state index contributed by atoms with van der Waals surface area (Å²) in [6.07, 6.45) is 2.34. The van der Waals surface area contributed by atoms with E-state index in [0.717, 1.165) is 48.9 Å². The Balaban J connectivity index is 0.00000272. The van der Waals surface area contributed by atoms with E-state index in [0.29, 0.717) is 12.8 Å². The van der Waals surface area contributed by atoms with Crippen LogP contribution in [0.4, 0.5) is 0 Å². The summed E-state index contributed by atoms with van der Waals surface area (Å²) in [6.45, 7) is 12.8. The molecule has 1 atom stereocenters. The molecule has 0 saturated heterocycles. The van der Waals surface area contributed by atoms with Gasteiger partial charge in [0.15, 0.2) is 23.0 Å². The van der Waals surface area contributed by atoms with E-state index in [4.69, 9.17) is 18.9 Å². The zero-order valence-electron chi connectivity index (χ0n) is 19.1. The number of halogens is 1. The fourth-order valence-electron chi connectivity index (χ4n) is 4.09. The van der Waals surface area contributed by atoms with E-state index in [1.54, 1.807) is 0 Å². The highest BCUT2D eigenvalue weighted by Gasteiger charge is 2.27. The molecular formula is C25H34ClNO4. The van der Waals surface area contributed by atoms with Crippen LogP contribution in [0.5, 0.6) is 23.0 Å². The first kappa shape index (κ1) is 23.6. The zero-order valence-corrected chi connectivity index (χ0v) is 20.0. The topological polar surface area (TPSA) is 40.2 Å². The molecule has 170 valence electrons. The Bertz CT molecular complexity index is 866. The van der Waals surface area contributed by atoms with Gasteiger partial charge in [0.1, 0.15) is 0 Å². The highest BCUT2D eigenvalue weighted by atomic mass is 35.5. The largest absolute Gasteiger partial charge is 0.487 e. The number of aryl methyl sites for hydroxylation is 1. The average molecular weight is 448 g/mol. The lowest BCUT2D eigenvalue weighted by atomic mass is 10.0. The van der Waals surface area contributed by atoms with Crippen LogP contribution in [0.15, 0.2) is 30.3 Å². The Morgan fingerprint density at radius 1 is 0.839 bits per heavy atom. The molecule has 0 aromatic heterocycles. The average Bonchev–Trinajstić information content (AvgIpc) is 3.30. The van der Waals surface area contributed by atoms with E-state index in [1.165, 1.54) is 16.7 Å². The first-order chi connectivity index (χ1) is 14.4. The summed E-state index contributed by atoms with van der Waals surface area (Å²) in [5, 5.41) is 0. The first-order valence-corrected chi connectivity index (χ1v) is 11.0. The van der Waals surface area contributed by atoms with Crippen LogP contribution in [0.25, 0.3) is 0 Å². The third kappa shape index (κ3) is 5.58. The summed E-state index contributed by atoms with van der Waals surface area (Å²) in [7, 11) is 0. The Morgan fingerprint density at radius 3 is 2.00 bits per heavy atom. The summed E-state index contributed by atoms with van der Waals surface area (Å²) in [4.78, 5) is 2.53. The predicted octanol–water partition coefficient (Wildman–Crippen LogP) is 5.75. The van der Waals surface area contributed by atoms with Crippen LogP contribution in [-0.4, -0.2) is 29.9 Å². The van der Waals surface area contributed by atoms with E-state index in [9.17, 15) is 0 Å². The number of hydrogen-bond acceptors (Lipinski definition) is 5. The molecule has 0 amide bonds. The van der Waals surface area contributed by atoms with Crippen molar-refractivity contribution in [2.75, 3.05) is 6.79 Å². The monoisotopic (exact) mass is 447 g/mol. The van der Waals surface area contributed by atoms with Crippen molar-refractivity contribution in [1.29, 1.82) is 0 Å². The number of nitrogens with zero attached hydrogens (tertiary/aromatic N) is 1. The minimum Gasteiger partial charge on any atom is -0.487 e. The number of benzene rings is 2. The van der Waals surface area contributed by atoms with E-state index in [1.807, 2.05) is 33.8 Å². The summed E-state index contributed by atoms with van der Waals surface area (Å²) in [5.74, 6) is 3.42. The van der Waals surface area contributed by atoms with E-state index in [2.05, 4.69) is 36.1 Å². The van der Waals surface area contributed by atoms with Gasteiger partial charge in [-0.1, -0.05) is 6.07 Å². The van der Waals surface area contributed by atoms with Gasteiger partial charge >= 0.3 is 0 Å². The third-order valence-electron chi connectivity index (χ3n) is 5.65. The molecule has 2 aromatic rings. The van der Waals surface area contributed by atoms with Crippen molar-refractivity contribution in [3.05, 3.63) is 47.0 Å². The lowest BCUT2D eigenvalue weighted by Crippen LogP contribution is -2.28. The standard InChI is InChI=1S/C25H33NO4.ClH/c1-16(2)29-22-9-8-19(10-25(22)30-17(3)4)7-6-18(5)26-13-20-11-23-24(28-15-27-23)12-21(20)14-26;/h8-12,16-18H,6-7,13-15H2,1-5H3;1H/t18-;/m1./s1. The van der Waals surface area contributed by atoms with Gasteiger partial charge in [0.05, 0.1) is 12.2 Å². The van der Waals surface area contributed by atoms with Gasteiger partial charge in [-0.2, -0.15) is 0 Å². The lowest BCUT2D eigenvalue weighted by molar-refractivity contribution is 0.173. The van der Waals surface area contributed by atoms with E-state index < -0.39 is 0 Å². The van der Waals surface area contributed by atoms with Crippen molar-refractivity contribution < 1.29 is 18.9 Å². The van der Waals surface area contributed by atoms with Gasteiger partial charge < -0.3 is 18.9 Å². The molecule has 5 nitrogen and oxygen atoms in total. The van der Waals surface area contributed by atoms with Gasteiger partial charge in [-0.15, -0.1) is 12.4 Å². The molecule has 0 saturated carbocycles. The molecule has 0 radical (unpaired) electrons. The van der Waals surface area contributed by atoms with Gasteiger partial charge in [-0.05, 0) is 88.4 Å². The highest BCUT2D eigenvalue weighted by Crippen LogP contribution is 2.39. The molecule has 0 unspecified atom stereocenters. The molecule has 2 aliphatic heterocycles. The van der Waals surface area contributed by atoms with Gasteiger partial charge in [0.25, 0.3) is 0 Å². The minimum absolute atomic E-state index is 0. The number of hydrogen-bond donors (Lipinski definition) is 0. The molecular weight excluding hydrogens is 414 g/mol. The Morgan fingerprint density at radius 2 is 1.42 bits per heavy atom. The van der Waals surface area contributed by atoms with Gasteiger partial charge in [-0.25, -0.2) is 0 Å². The molecule has 2 aliphatic rings. The Kier molecular flexibility index (Phi) is 7.60. The molecule has 2 aromatic carbocycles. The maximum atomic E-state index is 6.02. The Labute approximate surface area is 192 Å². The summed E-state index contributed by atoms with van der Waals surface area (Å²) >= 11 is 0. The zero-order chi connectivity index (χ0) is 21.3. The van der Waals surface area contributed by atoms with Crippen molar-refractivity contribution in [2.24, 2.45) is 0 Å². The SMILES string of the molecule is CC(C)Oc1ccc(CC[C@@H](C)N2Cc3cc4c(cc3C2)OCO4)cc1OC(C)C.Cl. The molecule has 0 aliphatic carbocycles. The maximum absolute atomic E-state index is 6.02. The van der Waals surface area contributed by atoms with Crippen molar-refractivity contribution in [3.8, 4) is 23.0 Å². The molecule has 2 heterocycles. The molecule has 31 heavy (non-hydrogen) atoms. The fraction of sp³-hybridized carbons (Fsp3) is 0.520. The fourth-order valence-corrected chi connectivity index (χ4v) is 4.09. The second-order valence-electron chi connectivity index (χ2n) is 8.88. The number of ether oxygens (including phenoxy) is 4. The van der Waals surface area contributed by atoms with Crippen LogP contribution in [0, 0.1) is 0 Å². The molecule has 0 N–H and O–H groups in total. The molecule has 0 bridgehead atoms. The van der Waals surface area contributed by atoms with Crippen molar-refractivity contribution in [3.63, 3.8) is 0 Å². The summed E-state index contributed by atoms with van der Waals surface area (Å²) in [5.41, 5.74) is 3.99. The third-order valence-corrected chi connectivity index (χ3v) is 5.65. The highest BCUT2D eigenvalue weighted by molar-refractivity contribution is 5.85. The van der Waals surface area contributed by atoms with Crippen LogP contribution >= 0.6 is 12.4 Å². The molecule has 0 spiro atoms.